The first kappa shape index (κ1) is 21.4. The molecule has 1 aromatic carbocycles. The molecule has 0 amide bonds. The van der Waals surface area contributed by atoms with Gasteiger partial charge in [0.05, 0.1) is 6.54 Å². The summed E-state index contributed by atoms with van der Waals surface area (Å²) < 4.78 is 0. The maximum atomic E-state index is 3.63. The van der Waals surface area contributed by atoms with Gasteiger partial charge in [0.2, 0.25) is 0 Å². The highest BCUT2D eigenvalue weighted by molar-refractivity contribution is 5.37. The number of benzene rings is 1. The van der Waals surface area contributed by atoms with Crippen LogP contribution >= 0.6 is 0 Å². The SMILES string of the molecule is CC(NCC#Cc1ccc(C2CC(C)(C)CC(C)(C)C2)cc1)C1CCCCC1. The van der Waals surface area contributed by atoms with E-state index in [1.165, 1.54) is 56.9 Å². The molecule has 0 spiro atoms. The van der Waals surface area contributed by atoms with E-state index in [-0.39, 0.29) is 0 Å². The molecule has 0 bridgehead atoms. The number of rotatable bonds is 4. The van der Waals surface area contributed by atoms with Crippen molar-refractivity contribution in [3.63, 3.8) is 0 Å². The zero-order valence-corrected chi connectivity index (χ0v) is 18.9. The summed E-state index contributed by atoms with van der Waals surface area (Å²) in [7, 11) is 0. The third-order valence-corrected chi connectivity index (χ3v) is 7.04. The fourth-order valence-corrected chi connectivity index (χ4v) is 6.08. The van der Waals surface area contributed by atoms with Crippen LogP contribution in [0.4, 0.5) is 0 Å². The monoisotopic (exact) mass is 379 g/mol. The van der Waals surface area contributed by atoms with Crippen LogP contribution in [0.3, 0.4) is 0 Å². The first-order valence-corrected chi connectivity index (χ1v) is 11.6. The van der Waals surface area contributed by atoms with Crippen molar-refractivity contribution in [3.8, 4) is 11.8 Å². The quantitative estimate of drug-likeness (QED) is 0.560. The van der Waals surface area contributed by atoms with Crippen LogP contribution in [0, 0.1) is 28.6 Å². The topological polar surface area (TPSA) is 12.0 Å². The molecule has 0 aromatic heterocycles. The Bertz CT molecular complexity index is 663. The van der Waals surface area contributed by atoms with Crippen molar-refractivity contribution in [2.45, 2.75) is 97.9 Å². The molecule has 2 aliphatic carbocycles. The average molecular weight is 380 g/mol. The van der Waals surface area contributed by atoms with Crippen LogP contribution < -0.4 is 5.32 Å². The van der Waals surface area contributed by atoms with Crippen molar-refractivity contribution in [2.24, 2.45) is 16.7 Å². The van der Waals surface area contributed by atoms with Crippen LogP contribution in [0.25, 0.3) is 0 Å². The molecule has 0 radical (unpaired) electrons. The second-order valence-electron chi connectivity index (χ2n) is 11.1. The lowest BCUT2D eigenvalue weighted by Gasteiger charge is -2.45. The molecule has 1 N–H and O–H groups in total. The predicted octanol–water partition coefficient (Wildman–Crippen LogP) is 6.92. The highest BCUT2D eigenvalue weighted by Crippen LogP contribution is 2.51. The summed E-state index contributed by atoms with van der Waals surface area (Å²) in [4.78, 5) is 0. The van der Waals surface area contributed by atoms with Gasteiger partial charge in [-0.1, -0.05) is 70.9 Å². The minimum Gasteiger partial charge on any atom is -0.303 e. The zero-order valence-electron chi connectivity index (χ0n) is 18.9. The van der Waals surface area contributed by atoms with Crippen molar-refractivity contribution in [3.05, 3.63) is 35.4 Å². The van der Waals surface area contributed by atoms with E-state index in [0.717, 1.165) is 18.0 Å². The van der Waals surface area contributed by atoms with Crippen molar-refractivity contribution in [1.82, 2.24) is 5.32 Å². The molecule has 1 nitrogen and oxygen atoms in total. The van der Waals surface area contributed by atoms with E-state index in [9.17, 15) is 0 Å². The van der Waals surface area contributed by atoms with Gasteiger partial charge in [0, 0.05) is 11.6 Å². The molecule has 0 saturated heterocycles. The fourth-order valence-electron chi connectivity index (χ4n) is 6.08. The molecule has 0 heterocycles. The van der Waals surface area contributed by atoms with Gasteiger partial charge in [-0.15, -0.1) is 0 Å². The summed E-state index contributed by atoms with van der Waals surface area (Å²) in [6, 6.07) is 9.69. The van der Waals surface area contributed by atoms with Crippen LogP contribution in [0.5, 0.6) is 0 Å². The lowest BCUT2D eigenvalue weighted by molar-refractivity contribution is 0.0969. The van der Waals surface area contributed by atoms with Crippen molar-refractivity contribution < 1.29 is 0 Å². The van der Waals surface area contributed by atoms with Gasteiger partial charge in [-0.05, 0) is 79.4 Å². The van der Waals surface area contributed by atoms with Crippen LogP contribution in [0.15, 0.2) is 24.3 Å². The summed E-state index contributed by atoms with van der Waals surface area (Å²) in [5, 5.41) is 3.63. The molecule has 1 heteroatoms. The van der Waals surface area contributed by atoms with E-state index in [4.69, 9.17) is 0 Å². The maximum absolute atomic E-state index is 3.63. The summed E-state index contributed by atoms with van der Waals surface area (Å²) in [6.07, 6.45) is 10.9. The third-order valence-electron chi connectivity index (χ3n) is 7.04. The average Bonchev–Trinajstić information content (AvgIpc) is 2.64. The Morgan fingerprint density at radius 3 is 2.18 bits per heavy atom. The van der Waals surface area contributed by atoms with Crippen molar-refractivity contribution in [2.75, 3.05) is 6.54 Å². The Hall–Kier alpha value is -1.26. The Kier molecular flexibility index (Phi) is 6.93. The molecular formula is C27H41N. The van der Waals surface area contributed by atoms with E-state index >= 15 is 0 Å². The number of hydrogen-bond acceptors (Lipinski definition) is 1. The normalized spacial score (nSPS) is 23.6. The third kappa shape index (κ3) is 6.12. The standard InChI is InChI=1S/C27H41N/c1-21(23-11-7-6-8-12-23)28-17-9-10-22-13-15-24(16-14-22)25-18-26(2,3)20-27(4,5)19-25/h13-16,21,23,25,28H,6-8,11-12,17-20H2,1-5H3. The first-order valence-electron chi connectivity index (χ1n) is 11.6. The Morgan fingerprint density at radius 1 is 0.964 bits per heavy atom. The molecule has 2 saturated carbocycles. The second-order valence-corrected chi connectivity index (χ2v) is 11.1. The lowest BCUT2D eigenvalue weighted by Crippen LogP contribution is -2.34. The van der Waals surface area contributed by atoms with E-state index in [2.05, 4.69) is 76.0 Å². The minimum absolute atomic E-state index is 0.436. The molecule has 0 aliphatic heterocycles. The molecule has 154 valence electrons. The van der Waals surface area contributed by atoms with Crippen molar-refractivity contribution >= 4 is 0 Å². The van der Waals surface area contributed by atoms with Crippen molar-refractivity contribution in [1.29, 1.82) is 0 Å². The van der Waals surface area contributed by atoms with Gasteiger partial charge in [-0.3, -0.25) is 0 Å². The molecule has 2 fully saturated rings. The van der Waals surface area contributed by atoms with Crippen LogP contribution in [-0.4, -0.2) is 12.6 Å². The maximum Gasteiger partial charge on any atom is 0.0582 e. The predicted molar refractivity (Wildman–Crippen MR) is 122 cm³/mol. The number of nitrogens with one attached hydrogen (secondary N) is 1. The Balaban J connectivity index is 1.53. The highest BCUT2D eigenvalue weighted by atomic mass is 14.9. The van der Waals surface area contributed by atoms with Gasteiger partial charge < -0.3 is 5.32 Å². The fraction of sp³-hybridized carbons (Fsp3) is 0.704. The van der Waals surface area contributed by atoms with Gasteiger partial charge in [-0.2, -0.15) is 0 Å². The highest BCUT2D eigenvalue weighted by Gasteiger charge is 2.38. The van der Waals surface area contributed by atoms with E-state index in [1.54, 1.807) is 0 Å². The zero-order chi connectivity index (χ0) is 20.2. The lowest BCUT2D eigenvalue weighted by atomic mass is 9.60. The summed E-state index contributed by atoms with van der Waals surface area (Å²) in [6.45, 7) is 12.9. The minimum atomic E-state index is 0.436. The molecule has 2 aliphatic rings. The van der Waals surface area contributed by atoms with Gasteiger partial charge in [0.15, 0.2) is 0 Å². The molecule has 1 aromatic rings. The second kappa shape index (κ2) is 9.04. The van der Waals surface area contributed by atoms with Gasteiger partial charge in [0.25, 0.3) is 0 Å². The first-order chi connectivity index (χ1) is 13.2. The number of hydrogen-bond donors (Lipinski definition) is 1. The summed E-state index contributed by atoms with van der Waals surface area (Å²) >= 11 is 0. The van der Waals surface area contributed by atoms with Gasteiger partial charge >= 0.3 is 0 Å². The molecule has 28 heavy (non-hydrogen) atoms. The molecule has 1 unspecified atom stereocenters. The Morgan fingerprint density at radius 2 is 1.57 bits per heavy atom. The molecule has 1 atom stereocenters. The molecule has 3 rings (SSSR count). The van der Waals surface area contributed by atoms with E-state index in [1.807, 2.05) is 0 Å². The van der Waals surface area contributed by atoms with Gasteiger partial charge in [0.1, 0.15) is 0 Å². The van der Waals surface area contributed by atoms with Crippen LogP contribution in [0.2, 0.25) is 0 Å². The van der Waals surface area contributed by atoms with Gasteiger partial charge in [-0.25, -0.2) is 0 Å². The van der Waals surface area contributed by atoms with Crippen LogP contribution in [-0.2, 0) is 0 Å². The largest absolute Gasteiger partial charge is 0.303 e. The van der Waals surface area contributed by atoms with E-state index in [0.29, 0.717) is 22.8 Å². The summed E-state index contributed by atoms with van der Waals surface area (Å²) in [5.41, 5.74) is 3.51. The van der Waals surface area contributed by atoms with E-state index < -0.39 is 0 Å². The summed E-state index contributed by atoms with van der Waals surface area (Å²) in [5.74, 6) is 8.21. The molecular weight excluding hydrogens is 338 g/mol. The smallest absolute Gasteiger partial charge is 0.0582 e. The Labute approximate surface area is 174 Å². The van der Waals surface area contributed by atoms with Crippen LogP contribution in [0.1, 0.15) is 103 Å².